The van der Waals surface area contributed by atoms with Crippen LogP contribution < -0.4 is 9.47 Å². The molecule has 0 saturated carbocycles. The number of hydrogen-bond acceptors (Lipinski definition) is 5. The highest BCUT2D eigenvalue weighted by molar-refractivity contribution is 5.80. The van der Waals surface area contributed by atoms with Gasteiger partial charge in [0.25, 0.3) is 18.4 Å². The number of ketones is 1. The second kappa shape index (κ2) is 10.4. The second-order valence-electron chi connectivity index (χ2n) is 8.57. The lowest BCUT2D eigenvalue weighted by Gasteiger charge is -2.32. The third-order valence-corrected chi connectivity index (χ3v) is 5.74. The molecule has 1 aromatic carbocycles. The first-order chi connectivity index (χ1) is 15.9. The number of halogens is 6. The number of carbonyl (C=O) groups excluding carboxylic acids is 1. The van der Waals surface area contributed by atoms with Crippen LogP contribution in [0.3, 0.4) is 0 Å². The lowest BCUT2D eigenvalue weighted by molar-refractivity contribution is -0.135. The van der Waals surface area contributed by atoms with E-state index in [-0.39, 0.29) is 42.3 Å². The van der Waals surface area contributed by atoms with Crippen LogP contribution in [0.5, 0.6) is 11.8 Å². The average molecular weight is 496 g/mol. The lowest BCUT2D eigenvalue weighted by atomic mass is 9.91. The molecule has 1 saturated heterocycles. The maximum atomic E-state index is 14.7. The minimum atomic E-state index is -3.07. The number of carbonyl (C=O) groups is 1. The molecular formula is C22H26F6N2O4. The molecule has 1 aromatic heterocycles. The number of nitrogens with zero attached hydrogens (tertiary/aromatic N) is 2. The van der Waals surface area contributed by atoms with Gasteiger partial charge in [0.2, 0.25) is 0 Å². The van der Waals surface area contributed by atoms with Crippen LogP contribution in [0.4, 0.5) is 26.3 Å². The predicted octanol–water partition coefficient (Wildman–Crippen LogP) is 5.06. The zero-order valence-electron chi connectivity index (χ0n) is 18.9. The summed E-state index contributed by atoms with van der Waals surface area (Å²) in [5, 5.41) is 0. The Kier molecular flexibility index (Phi) is 7.99. The highest BCUT2D eigenvalue weighted by Gasteiger charge is 2.41. The molecule has 1 aliphatic rings. The summed E-state index contributed by atoms with van der Waals surface area (Å²) in [5.41, 5.74) is -0.693. The predicted molar refractivity (Wildman–Crippen MR) is 110 cm³/mol. The Morgan fingerprint density at radius 1 is 1.32 bits per heavy atom. The summed E-state index contributed by atoms with van der Waals surface area (Å²) < 4.78 is 99.6. The molecule has 0 aliphatic carbocycles. The average Bonchev–Trinajstić information content (AvgIpc) is 3.07. The van der Waals surface area contributed by atoms with Crippen LogP contribution in [-0.2, 0) is 16.6 Å². The van der Waals surface area contributed by atoms with E-state index in [1.54, 1.807) is 0 Å². The first-order valence-electron chi connectivity index (χ1n) is 10.8. The second-order valence-corrected chi connectivity index (χ2v) is 8.57. The van der Waals surface area contributed by atoms with E-state index in [0.29, 0.717) is 12.5 Å². The zero-order valence-corrected chi connectivity index (χ0v) is 18.9. The van der Waals surface area contributed by atoms with Crippen LogP contribution in [0.1, 0.15) is 39.5 Å². The number of alkyl halides is 4. The Bertz CT molecular complexity index is 1020. The van der Waals surface area contributed by atoms with E-state index in [1.165, 1.54) is 20.9 Å². The number of Topliss-reactive ketones (excluding diaryl/α,β-unsaturated/α-hetero) is 1. The van der Waals surface area contributed by atoms with Gasteiger partial charge in [0, 0.05) is 31.9 Å². The van der Waals surface area contributed by atoms with Crippen molar-refractivity contribution in [1.29, 1.82) is 0 Å². The highest BCUT2D eigenvalue weighted by Crippen LogP contribution is 2.36. The molecular weight excluding hydrogens is 470 g/mol. The Morgan fingerprint density at radius 3 is 2.62 bits per heavy atom. The van der Waals surface area contributed by atoms with E-state index in [4.69, 9.17) is 9.47 Å². The van der Waals surface area contributed by atoms with E-state index in [1.807, 2.05) is 0 Å². The van der Waals surface area contributed by atoms with Crippen LogP contribution in [0.15, 0.2) is 6.07 Å². The van der Waals surface area contributed by atoms with Gasteiger partial charge in [-0.2, -0.15) is 4.98 Å². The fourth-order valence-electron chi connectivity index (χ4n) is 3.89. The van der Waals surface area contributed by atoms with Gasteiger partial charge in [-0.15, -0.1) is 0 Å². The molecule has 12 heteroatoms. The molecule has 0 N–H and O–H groups in total. The molecule has 190 valence electrons. The number of rotatable bonds is 10. The summed E-state index contributed by atoms with van der Waals surface area (Å²) in [4.78, 5) is 15.1. The van der Waals surface area contributed by atoms with Crippen LogP contribution >= 0.6 is 0 Å². The van der Waals surface area contributed by atoms with Gasteiger partial charge in [-0.25, -0.2) is 26.3 Å². The van der Waals surface area contributed by atoms with Gasteiger partial charge in [0.15, 0.2) is 17.4 Å². The van der Waals surface area contributed by atoms with Crippen molar-refractivity contribution in [3.8, 4) is 11.8 Å². The van der Waals surface area contributed by atoms with Crippen LogP contribution in [-0.4, -0.2) is 53.1 Å². The quantitative estimate of drug-likeness (QED) is 0.431. The normalized spacial score (nSPS) is 20.1. The number of aryl methyl sites for hydroxylation is 1. The van der Waals surface area contributed by atoms with Crippen LogP contribution in [0.25, 0.3) is 11.0 Å². The minimum absolute atomic E-state index is 0.0429. The van der Waals surface area contributed by atoms with Gasteiger partial charge < -0.3 is 19.0 Å². The van der Waals surface area contributed by atoms with Crippen molar-refractivity contribution >= 4 is 16.8 Å². The largest absolute Gasteiger partial charge is 0.484 e. The maximum Gasteiger partial charge on any atom is 0.297 e. The van der Waals surface area contributed by atoms with E-state index in [9.17, 15) is 31.1 Å². The van der Waals surface area contributed by atoms with Crippen molar-refractivity contribution in [3.05, 3.63) is 17.7 Å². The van der Waals surface area contributed by atoms with Gasteiger partial charge in [-0.3, -0.25) is 4.57 Å². The Balaban J connectivity index is 1.66. The topological polar surface area (TPSA) is 62.6 Å². The number of benzene rings is 1. The Hall–Kier alpha value is -2.50. The van der Waals surface area contributed by atoms with Crippen molar-refractivity contribution in [2.45, 2.75) is 64.1 Å². The maximum absolute atomic E-state index is 14.7. The van der Waals surface area contributed by atoms with Crippen molar-refractivity contribution < 1.29 is 45.3 Å². The van der Waals surface area contributed by atoms with Gasteiger partial charge in [-0.05, 0) is 19.8 Å². The number of imidazole rings is 1. The molecule has 0 radical (unpaired) electrons. The molecule has 3 rings (SSSR count). The summed E-state index contributed by atoms with van der Waals surface area (Å²) in [6.07, 6.45) is -4.36. The molecule has 0 amide bonds. The van der Waals surface area contributed by atoms with E-state index >= 15 is 0 Å². The standard InChI is InChI=1S/C22H26F6N2O4/c1-11(6-12(2)31)22(27,28)8-13-4-5-14(9-32-13)34-21-29-19-15(23)7-16(33-10-17(24)25)18(26)20(19)30(21)3/h7,11,13-14,17H,4-6,8-10H2,1-3H3/t11-,13-,14+/m1/s1. The number of hydrogen-bond donors (Lipinski definition) is 0. The van der Waals surface area contributed by atoms with Gasteiger partial charge >= 0.3 is 0 Å². The van der Waals surface area contributed by atoms with Crippen LogP contribution in [0, 0.1) is 17.6 Å². The zero-order chi connectivity index (χ0) is 25.2. The van der Waals surface area contributed by atoms with Gasteiger partial charge in [-0.1, -0.05) is 6.92 Å². The molecule has 2 heterocycles. The third kappa shape index (κ3) is 5.94. The SMILES string of the molecule is CC(=O)C[C@@H](C)C(F)(F)C[C@H]1CC[C@H](Oc2nc3c(F)cc(OCC(F)F)c(F)c3n2C)CO1. The van der Waals surface area contributed by atoms with Gasteiger partial charge in [0.1, 0.15) is 29.5 Å². The number of ether oxygens (including phenoxy) is 3. The summed E-state index contributed by atoms with van der Waals surface area (Å²) in [7, 11) is 1.35. The van der Waals surface area contributed by atoms with E-state index in [2.05, 4.69) is 9.72 Å². The highest BCUT2D eigenvalue weighted by atomic mass is 19.3. The van der Waals surface area contributed by atoms with Crippen molar-refractivity contribution in [2.24, 2.45) is 13.0 Å². The molecule has 3 atom stereocenters. The van der Waals surface area contributed by atoms with E-state index in [0.717, 1.165) is 4.57 Å². The minimum Gasteiger partial charge on any atom is -0.484 e. The molecule has 34 heavy (non-hydrogen) atoms. The van der Waals surface area contributed by atoms with E-state index < -0.39 is 60.9 Å². The Morgan fingerprint density at radius 2 is 2.03 bits per heavy atom. The fourth-order valence-corrected chi connectivity index (χ4v) is 3.89. The molecule has 1 fully saturated rings. The number of fused-ring (bicyclic) bond motifs is 1. The fraction of sp³-hybridized carbons (Fsp3) is 0.636. The number of aromatic nitrogens is 2. The first-order valence-corrected chi connectivity index (χ1v) is 10.8. The smallest absolute Gasteiger partial charge is 0.297 e. The van der Waals surface area contributed by atoms with Crippen LogP contribution in [0.2, 0.25) is 0 Å². The van der Waals surface area contributed by atoms with Crippen molar-refractivity contribution in [2.75, 3.05) is 13.2 Å². The molecule has 2 aromatic rings. The third-order valence-electron chi connectivity index (χ3n) is 5.74. The Labute approximate surface area is 192 Å². The van der Waals surface area contributed by atoms with Crippen molar-refractivity contribution in [3.63, 3.8) is 0 Å². The summed E-state index contributed by atoms with van der Waals surface area (Å²) >= 11 is 0. The van der Waals surface area contributed by atoms with Crippen molar-refractivity contribution in [1.82, 2.24) is 9.55 Å². The molecule has 1 aliphatic heterocycles. The molecule has 6 nitrogen and oxygen atoms in total. The lowest BCUT2D eigenvalue weighted by Crippen LogP contribution is -2.39. The molecule has 0 spiro atoms. The van der Waals surface area contributed by atoms with Gasteiger partial charge in [0.05, 0.1) is 12.7 Å². The summed E-state index contributed by atoms with van der Waals surface area (Å²) in [6.45, 7) is 1.45. The summed E-state index contributed by atoms with van der Waals surface area (Å²) in [5.74, 6) is -7.21. The molecule has 0 unspecified atom stereocenters. The molecule has 0 bridgehead atoms. The monoisotopic (exact) mass is 496 g/mol. The first kappa shape index (κ1) is 26.1. The summed E-state index contributed by atoms with van der Waals surface area (Å²) in [6, 6.07) is 0.490.